The van der Waals surface area contributed by atoms with Crippen molar-refractivity contribution >= 4 is 11.4 Å². The lowest BCUT2D eigenvalue weighted by Crippen LogP contribution is -2.17. The molecule has 0 amide bonds. The van der Waals surface area contributed by atoms with Gasteiger partial charge in [-0.2, -0.15) is 0 Å². The third kappa shape index (κ3) is 4.75. The molecule has 0 spiro atoms. The predicted molar refractivity (Wildman–Crippen MR) is 74.9 cm³/mol. The van der Waals surface area contributed by atoms with Crippen molar-refractivity contribution in [2.75, 3.05) is 5.32 Å². The van der Waals surface area contributed by atoms with Crippen molar-refractivity contribution in [3.05, 3.63) is 33.9 Å². The number of nitrogens with zero attached hydrogens (tertiary/aromatic N) is 1. The zero-order chi connectivity index (χ0) is 15.1. The normalized spacial score (nSPS) is 12.2. The van der Waals surface area contributed by atoms with Gasteiger partial charge in [-0.3, -0.25) is 10.1 Å². The molecular formula is C14H20F2N2O2. The van der Waals surface area contributed by atoms with Gasteiger partial charge in [0.25, 0.3) is 5.69 Å². The second-order valence-corrected chi connectivity index (χ2v) is 4.93. The molecule has 0 aliphatic carbocycles. The van der Waals surface area contributed by atoms with Gasteiger partial charge in [0, 0.05) is 12.1 Å². The molecule has 0 saturated heterocycles. The molecule has 0 radical (unpaired) electrons. The number of halogens is 2. The molecule has 6 heteroatoms. The first-order chi connectivity index (χ1) is 9.45. The second kappa shape index (κ2) is 7.77. The summed E-state index contributed by atoms with van der Waals surface area (Å²) < 4.78 is 26.7. The number of anilines is 1. The van der Waals surface area contributed by atoms with Crippen LogP contribution in [-0.2, 0) is 0 Å². The lowest BCUT2D eigenvalue weighted by molar-refractivity contribution is -0.384. The van der Waals surface area contributed by atoms with E-state index >= 15 is 0 Å². The van der Waals surface area contributed by atoms with E-state index in [0.29, 0.717) is 6.07 Å². The molecule has 0 heterocycles. The van der Waals surface area contributed by atoms with E-state index in [1.54, 1.807) is 0 Å². The van der Waals surface area contributed by atoms with E-state index in [-0.39, 0.29) is 11.7 Å². The minimum absolute atomic E-state index is 0.106. The van der Waals surface area contributed by atoms with Gasteiger partial charge in [0.2, 0.25) is 0 Å². The Labute approximate surface area is 117 Å². The first-order valence-electron chi connectivity index (χ1n) is 6.85. The number of hydrogen-bond donors (Lipinski definition) is 1. The molecule has 0 aliphatic rings. The molecular weight excluding hydrogens is 266 g/mol. The van der Waals surface area contributed by atoms with Gasteiger partial charge in [-0.1, -0.05) is 32.6 Å². The third-order valence-corrected chi connectivity index (χ3v) is 3.11. The van der Waals surface area contributed by atoms with Crippen LogP contribution >= 0.6 is 0 Å². The smallest absolute Gasteiger partial charge is 0.298 e. The molecule has 1 unspecified atom stereocenters. The Bertz CT molecular complexity index is 467. The lowest BCUT2D eigenvalue weighted by atomic mass is 10.1. The van der Waals surface area contributed by atoms with Crippen molar-refractivity contribution in [2.24, 2.45) is 0 Å². The van der Waals surface area contributed by atoms with Gasteiger partial charge in [0.1, 0.15) is 11.5 Å². The van der Waals surface area contributed by atoms with Gasteiger partial charge in [-0.15, -0.1) is 0 Å². The number of rotatable bonds is 8. The molecule has 0 fully saturated rings. The van der Waals surface area contributed by atoms with Crippen molar-refractivity contribution in [1.82, 2.24) is 0 Å². The lowest BCUT2D eigenvalue weighted by Gasteiger charge is -2.15. The van der Waals surface area contributed by atoms with Crippen LogP contribution in [0.5, 0.6) is 0 Å². The van der Waals surface area contributed by atoms with Gasteiger partial charge in [0.05, 0.1) is 11.0 Å². The number of nitro groups is 1. The molecule has 1 rings (SSSR count). The minimum atomic E-state index is -0.949. The van der Waals surface area contributed by atoms with Crippen LogP contribution in [0.2, 0.25) is 0 Å². The Morgan fingerprint density at radius 2 is 2.00 bits per heavy atom. The number of nitro benzene ring substituents is 1. The zero-order valence-corrected chi connectivity index (χ0v) is 11.8. The number of benzene rings is 1. The summed E-state index contributed by atoms with van der Waals surface area (Å²) in [5, 5.41) is 13.6. The minimum Gasteiger partial charge on any atom is -0.375 e. The Kier molecular flexibility index (Phi) is 6.35. The first-order valence-corrected chi connectivity index (χ1v) is 6.85. The summed E-state index contributed by atoms with van der Waals surface area (Å²) >= 11 is 0. The van der Waals surface area contributed by atoms with Gasteiger partial charge in [-0.25, -0.2) is 8.78 Å². The average molecular weight is 286 g/mol. The molecule has 1 aromatic carbocycles. The van der Waals surface area contributed by atoms with Crippen molar-refractivity contribution in [3.8, 4) is 0 Å². The first kappa shape index (κ1) is 16.3. The van der Waals surface area contributed by atoms with Crippen LogP contribution in [0.1, 0.15) is 46.0 Å². The van der Waals surface area contributed by atoms with Crippen LogP contribution in [0.25, 0.3) is 0 Å². The van der Waals surface area contributed by atoms with Crippen LogP contribution in [-0.4, -0.2) is 11.0 Å². The van der Waals surface area contributed by atoms with E-state index in [1.165, 1.54) is 0 Å². The monoisotopic (exact) mass is 286 g/mol. The molecule has 1 aromatic rings. The van der Waals surface area contributed by atoms with Gasteiger partial charge in [-0.05, 0) is 13.3 Å². The Balaban J connectivity index is 2.73. The number of nitrogens with one attached hydrogen (secondary N) is 1. The fourth-order valence-electron chi connectivity index (χ4n) is 2.04. The van der Waals surface area contributed by atoms with Gasteiger partial charge < -0.3 is 5.32 Å². The SMILES string of the molecule is CCCCCCC(C)Nc1c(F)cc(F)cc1[N+](=O)[O-]. The Hall–Kier alpha value is -1.72. The molecule has 20 heavy (non-hydrogen) atoms. The van der Waals surface area contributed by atoms with E-state index in [1.807, 2.05) is 6.92 Å². The third-order valence-electron chi connectivity index (χ3n) is 3.11. The van der Waals surface area contributed by atoms with Crippen molar-refractivity contribution in [1.29, 1.82) is 0 Å². The summed E-state index contributed by atoms with van der Waals surface area (Å²) in [4.78, 5) is 10.1. The fourth-order valence-corrected chi connectivity index (χ4v) is 2.04. The molecule has 1 atom stereocenters. The second-order valence-electron chi connectivity index (χ2n) is 4.93. The standard InChI is InChI=1S/C14H20F2N2O2/c1-3-4-5-6-7-10(2)17-14-12(16)8-11(15)9-13(14)18(19)20/h8-10,17H,3-7H2,1-2H3. The molecule has 0 saturated carbocycles. The molecule has 0 bridgehead atoms. The quantitative estimate of drug-likeness (QED) is 0.430. The summed E-state index contributed by atoms with van der Waals surface area (Å²) in [7, 11) is 0. The van der Waals surface area contributed by atoms with E-state index in [0.717, 1.165) is 38.2 Å². The average Bonchev–Trinajstić information content (AvgIpc) is 2.37. The maximum Gasteiger partial charge on any atom is 0.298 e. The van der Waals surface area contributed by atoms with Crippen LogP contribution < -0.4 is 5.32 Å². The van der Waals surface area contributed by atoms with Crippen LogP contribution in [0.3, 0.4) is 0 Å². The maximum atomic E-state index is 13.7. The number of hydrogen-bond acceptors (Lipinski definition) is 3. The van der Waals surface area contributed by atoms with Crippen molar-refractivity contribution in [2.45, 2.75) is 52.0 Å². The summed E-state index contributed by atoms with van der Waals surface area (Å²) in [6.07, 6.45) is 5.10. The van der Waals surface area contributed by atoms with Crippen LogP contribution in [0, 0.1) is 21.7 Å². The van der Waals surface area contributed by atoms with Gasteiger partial charge in [0.15, 0.2) is 5.82 Å². The molecule has 1 N–H and O–H groups in total. The summed E-state index contributed by atoms with van der Waals surface area (Å²) in [6, 6.07) is 1.28. The van der Waals surface area contributed by atoms with E-state index in [9.17, 15) is 18.9 Å². The molecule has 0 aromatic heterocycles. The summed E-state index contributed by atoms with van der Waals surface area (Å²) in [6.45, 7) is 3.94. The fraction of sp³-hybridized carbons (Fsp3) is 0.571. The van der Waals surface area contributed by atoms with Crippen LogP contribution in [0.15, 0.2) is 12.1 Å². The summed E-state index contributed by atoms with van der Waals surface area (Å²) in [5.41, 5.74) is -0.803. The Morgan fingerprint density at radius 3 is 2.60 bits per heavy atom. The molecule has 112 valence electrons. The van der Waals surface area contributed by atoms with Gasteiger partial charge >= 0.3 is 0 Å². The van der Waals surface area contributed by atoms with Crippen molar-refractivity contribution < 1.29 is 13.7 Å². The van der Waals surface area contributed by atoms with Crippen LogP contribution in [0.4, 0.5) is 20.2 Å². The highest BCUT2D eigenvalue weighted by molar-refractivity contribution is 5.62. The highest BCUT2D eigenvalue weighted by Gasteiger charge is 2.21. The zero-order valence-electron chi connectivity index (χ0n) is 11.8. The van der Waals surface area contributed by atoms with Crippen molar-refractivity contribution in [3.63, 3.8) is 0 Å². The number of unbranched alkanes of at least 4 members (excludes halogenated alkanes) is 3. The molecule has 4 nitrogen and oxygen atoms in total. The van der Waals surface area contributed by atoms with E-state index in [4.69, 9.17) is 0 Å². The maximum absolute atomic E-state index is 13.7. The van der Waals surface area contributed by atoms with E-state index in [2.05, 4.69) is 12.2 Å². The topological polar surface area (TPSA) is 55.2 Å². The summed E-state index contributed by atoms with van der Waals surface area (Å²) in [5.74, 6) is -1.88. The largest absolute Gasteiger partial charge is 0.375 e. The Morgan fingerprint density at radius 1 is 1.30 bits per heavy atom. The van der Waals surface area contributed by atoms with E-state index < -0.39 is 22.2 Å². The highest BCUT2D eigenvalue weighted by Crippen LogP contribution is 2.29. The predicted octanol–water partition coefficient (Wildman–Crippen LogP) is 4.64. The highest BCUT2D eigenvalue weighted by atomic mass is 19.1. The molecule has 0 aliphatic heterocycles.